The predicted molar refractivity (Wildman–Crippen MR) is 135 cm³/mol. The van der Waals surface area contributed by atoms with E-state index in [1.54, 1.807) is 5.38 Å². The van der Waals surface area contributed by atoms with Gasteiger partial charge in [0, 0.05) is 48.9 Å². The lowest BCUT2D eigenvalue weighted by atomic mass is 9.97. The lowest BCUT2D eigenvalue weighted by Crippen LogP contribution is -2.35. The summed E-state index contributed by atoms with van der Waals surface area (Å²) in [7, 11) is 1.93. The number of likely N-dealkylation sites (tertiary alicyclic amines) is 1. The highest BCUT2D eigenvalue weighted by molar-refractivity contribution is 7.14. The van der Waals surface area contributed by atoms with E-state index in [-0.39, 0.29) is 11.8 Å². The number of anilines is 2. The van der Waals surface area contributed by atoms with Crippen LogP contribution in [0.1, 0.15) is 57.7 Å². The van der Waals surface area contributed by atoms with E-state index >= 15 is 0 Å². The van der Waals surface area contributed by atoms with Gasteiger partial charge >= 0.3 is 0 Å². The molecule has 4 rings (SSSR count). The Balaban J connectivity index is 1.37. The molecular weight excluding hydrogens is 462 g/mol. The molecule has 0 spiro atoms. The van der Waals surface area contributed by atoms with Crippen LogP contribution in [0.5, 0.6) is 0 Å². The van der Waals surface area contributed by atoms with Gasteiger partial charge in [0.05, 0.1) is 18.3 Å². The zero-order chi connectivity index (χ0) is 24.9. The summed E-state index contributed by atoms with van der Waals surface area (Å²) >= 11 is 1.36. The fourth-order valence-electron chi connectivity index (χ4n) is 4.46. The van der Waals surface area contributed by atoms with Crippen LogP contribution in [0.2, 0.25) is 0 Å². The van der Waals surface area contributed by atoms with Gasteiger partial charge in [-0.15, -0.1) is 11.3 Å². The monoisotopic (exact) mass is 493 g/mol. The van der Waals surface area contributed by atoms with Gasteiger partial charge in [0.2, 0.25) is 0 Å². The average Bonchev–Trinajstić information content (AvgIpc) is 3.38. The quantitative estimate of drug-likeness (QED) is 0.459. The number of aromatic nitrogens is 5. The van der Waals surface area contributed by atoms with Gasteiger partial charge in [-0.1, -0.05) is 0 Å². The van der Waals surface area contributed by atoms with Gasteiger partial charge in [0.25, 0.3) is 5.91 Å². The second kappa shape index (κ2) is 10.9. The molecule has 0 aliphatic carbocycles. The second-order valence-electron chi connectivity index (χ2n) is 8.93. The average molecular weight is 494 g/mol. The van der Waals surface area contributed by atoms with Gasteiger partial charge in [-0.05, 0) is 52.1 Å². The van der Waals surface area contributed by atoms with Crippen molar-refractivity contribution >= 4 is 28.2 Å². The van der Waals surface area contributed by atoms with Crippen LogP contribution >= 0.6 is 11.3 Å². The first-order valence-corrected chi connectivity index (χ1v) is 12.7. The number of aryl methyl sites for hydroxylation is 3. The van der Waals surface area contributed by atoms with E-state index in [2.05, 4.69) is 36.7 Å². The summed E-state index contributed by atoms with van der Waals surface area (Å²) < 4.78 is 1.86. The molecule has 0 saturated carbocycles. The summed E-state index contributed by atoms with van der Waals surface area (Å²) in [6.07, 6.45) is 2.75. The normalized spacial score (nSPS) is 16.1. The van der Waals surface area contributed by atoms with Crippen molar-refractivity contribution in [3.63, 3.8) is 0 Å². The van der Waals surface area contributed by atoms with E-state index in [1.807, 2.05) is 38.6 Å². The molecule has 1 aliphatic rings. The molecule has 1 saturated heterocycles. The maximum Gasteiger partial charge on any atom is 0.270 e. The summed E-state index contributed by atoms with van der Waals surface area (Å²) in [6, 6.07) is 4.11. The first-order valence-electron chi connectivity index (χ1n) is 11.8. The van der Waals surface area contributed by atoms with Crippen molar-refractivity contribution in [2.45, 2.75) is 46.0 Å². The fourth-order valence-corrected chi connectivity index (χ4v) is 5.16. The number of hydrogen-bond donors (Lipinski definition) is 2. The molecule has 2 N–H and O–H groups in total. The van der Waals surface area contributed by atoms with Gasteiger partial charge in [-0.3, -0.25) is 14.4 Å². The van der Waals surface area contributed by atoms with E-state index in [1.165, 1.54) is 11.3 Å². The Kier molecular flexibility index (Phi) is 7.73. The zero-order valence-electron chi connectivity index (χ0n) is 20.6. The number of carbonyl (C=O) groups excluding carboxylic acids is 1. The topological polar surface area (TPSA) is 125 Å². The van der Waals surface area contributed by atoms with E-state index < -0.39 is 0 Å². The van der Waals surface area contributed by atoms with Gasteiger partial charge in [0.1, 0.15) is 17.3 Å². The Hall–Kier alpha value is -3.36. The summed E-state index contributed by atoms with van der Waals surface area (Å²) in [5, 5.41) is 22.0. The standard InChI is InChI=1S/C24H31N9OS/c1-15-12-21(29-22(27-15)18-6-5-10-33(13-18)11-8-25)30-24-28-20(14-35-24)23(34)26-9-7-19-16(2)31-32(4)17(19)3/h12,14,18H,5-7,9-11,13H2,1-4H3,(H,26,34)(H,27,28,29,30). The highest BCUT2D eigenvalue weighted by atomic mass is 32.1. The summed E-state index contributed by atoms with van der Waals surface area (Å²) in [6.45, 7) is 8.64. The van der Waals surface area contributed by atoms with E-state index in [0.29, 0.717) is 29.7 Å². The van der Waals surface area contributed by atoms with E-state index in [0.717, 1.165) is 60.8 Å². The number of carbonyl (C=O) groups is 1. The van der Waals surface area contributed by atoms with Crippen molar-refractivity contribution < 1.29 is 4.79 Å². The van der Waals surface area contributed by atoms with Crippen LogP contribution in [-0.4, -0.2) is 61.7 Å². The Bertz CT molecular complexity index is 1240. The van der Waals surface area contributed by atoms with Crippen LogP contribution in [0, 0.1) is 32.1 Å². The molecule has 1 fully saturated rings. The molecule has 4 heterocycles. The molecular formula is C24H31N9OS. The summed E-state index contributed by atoms with van der Waals surface area (Å²) in [5.74, 6) is 1.44. The maximum atomic E-state index is 12.6. The van der Waals surface area contributed by atoms with Crippen molar-refractivity contribution in [2.75, 3.05) is 31.5 Å². The lowest BCUT2D eigenvalue weighted by Gasteiger charge is -2.30. The zero-order valence-corrected chi connectivity index (χ0v) is 21.4. The number of hydrogen-bond acceptors (Lipinski definition) is 9. The Morgan fingerprint density at radius 3 is 2.86 bits per heavy atom. The minimum Gasteiger partial charge on any atom is -0.350 e. The van der Waals surface area contributed by atoms with Crippen molar-refractivity contribution in [3.05, 3.63) is 45.6 Å². The molecule has 1 amide bonds. The fraction of sp³-hybridized carbons (Fsp3) is 0.500. The first kappa shape index (κ1) is 24.8. The Morgan fingerprint density at radius 2 is 2.11 bits per heavy atom. The second-order valence-corrected chi connectivity index (χ2v) is 9.79. The van der Waals surface area contributed by atoms with Crippen LogP contribution in [-0.2, 0) is 13.5 Å². The Labute approximate surface area is 209 Å². The molecule has 1 unspecified atom stereocenters. The van der Waals surface area contributed by atoms with Crippen molar-refractivity contribution in [1.82, 2.24) is 34.9 Å². The smallest absolute Gasteiger partial charge is 0.270 e. The van der Waals surface area contributed by atoms with Crippen molar-refractivity contribution in [2.24, 2.45) is 7.05 Å². The van der Waals surface area contributed by atoms with Crippen LogP contribution in [0.25, 0.3) is 0 Å². The molecule has 0 radical (unpaired) electrons. The van der Waals surface area contributed by atoms with Crippen molar-refractivity contribution in [1.29, 1.82) is 5.26 Å². The first-order chi connectivity index (χ1) is 16.8. The predicted octanol–water partition coefficient (Wildman–Crippen LogP) is 3.01. The summed E-state index contributed by atoms with van der Waals surface area (Å²) in [5.41, 5.74) is 4.51. The van der Waals surface area contributed by atoms with E-state index in [9.17, 15) is 4.79 Å². The molecule has 10 nitrogen and oxygen atoms in total. The molecule has 1 aliphatic heterocycles. The largest absolute Gasteiger partial charge is 0.350 e. The van der Waals surface area contributed by atoms with Crippen LogP contribution in [0.15, 0.2) is 11.4 Å². The van der Waals surface area contributed by atoms with Gasteiger partial charge in [0.15, 0.2) is 5.13 Å². The molecule has 3 aromatic rings. The highest BCUT2D eigenvalue weighted by Gasteiger charge is 2.24. The molecule has 1 atom stereocenters. The van der Waals surface area contributed by atoms with Crippen LogP contribution in [0.4, 0.5) is 10.9 Å². The third-order valence-electron chi connectivity index (χ3n) is 6.33. The third-order valence-corrected chi connectivity index (χ3v) is 7.09. The number of piperidine rings is 1. The van der Waals surface area contributed by atoms with Gasteiger partial charge < -0.3 is 10.6 Å². The lowest BCUT2D eigenvalue weighted by molar-refractivity contribution is 0.0950. The number of rotatable bonds is 8. The van der Waals surface area contributed by atoms with Gasteiger partial charge in [-0.2, -0.15) is 10.4 Å². The molecule has 35 heavy (non-hydrogen) atoms. The SMILES string of the molecule is Cc1cc(Nc2nc(C(=O)NCCc3c(C)nn(C)c3C)cs2)nc(C2CCCN(CC#N)C2)n1. The number of amides is 1. The molecule has 11 heteroatoms. The summed E-state index contributed by atoms with van der Waals surface area (Å²) in [4.78, 5) is 28.6. The number of nitrogens with zero attached hydrogens (tertiary/aromatic N) is 7. The number of thiazole rings is 1. The number of nitriles is 1. The molecule has 184 valence electrons. The third kappa shape index (κ3) is 6.01. The van der Waals surface area contributed by atoms with E-state index in [4.69, 9.17) is 10.2 Å². The minimum atomic E-state index is -0.201. The van der Waals surface area contributed by atoms with Crippen LogP contribution in [0.3, 0.4) is 0 Å². The molecule has 0 bridgehead atoms. The maximum absolute atomic E-state index is 12.6. The van der Waals surface area contributed by atoms with Crippen LogP contribution < -0.4 is 10.6 Å². The van der Waals surface area contributed by atoms with Crippen molar-refractivity contribution in [3.8, 4) is 6.07 Å². The Morgan fingerprint density at radius 1 is 1.29 bits per heavy atom. The number of nitrogens with one attached hydrogen (secondary N) is 2. The van der Waals surface area contributed by atoms with Gasteiger partial charge in [-0.25, -0.2) is 15.0 Å². The molecule has 0 aromatic carbocycles. The minimum absolute atomic E-state index is 0.197. The highest BCUT2D eigenvalue weighted by Crippen LogP contribution is 2.27. The molecule has 3 aromatic heterocycles.